The fraction of sp³-hybridized carbons (Fsp3) is 0.111. The van der Waals surface area contributed by atoms with Crippen molar-refractivity contribution >= 4 is 31.9 Å². The fourth-order valence-electron chi connectivity index (χ4n) is 1.24. The normalized spacial score (nSPS) is 11.4. The van der Waals surface area contributed by atoms with Crippen LogP contribution in [0.3, 0.4) is 0 Å². The third kappa shape index (κ3) is 3.53. The van der Waals surface area contributed by atoms with Crippen molar-refractivity contribution in [3.8, 4) is 0 Å². The Labute approximate surface area is 107 Å². The molecular formula is C9H9BrN4O2S. The number of H-pyrrole nitrogens is 1. The van der Waals surface area contributed by atoms with E-state index in [0.29, 0.717) is 5.56 Å². The highest BCUT2D eigenvalue weighted by molar-refractivity contribution is 9.10. The summed E-state index contributed by atoms with van der Waals surface area (Å²) in [6.07, 6.45) is 1.23. The average molecular weight is 317 g/mol. The van der Waals surface area contributed by atoms with Gasteiger partial charge in [0.05, 0.1) is 5.75 Å². The zero-order chi connectivity index (χ0) is 12.3. The minimum absolute atomic E-state index is 0.110. The fourth-order valence-corrected chi connectivity index (χ4v) is 2.60. The quantitative estimate of drug-likeness (QED) is 0.895. The Morgan fingerprint density at radius 2 is 2.00 bits per heavy atom. The summed E-state index contributed by atoms with van der Waals surface area (Å²) >= 11 is 3.29. The number of hydrogen-bond donors (Lipinski definition) is 2. The van der Waals surface area contributed by atoms with Crippen LogP contribution >= 0.6 is 15.9 Å². The van der Waals surface area contributed by atoms with Gasteiger partial charge >= 0.3 is 0 Å². The zero-order valence-electron chi connectivity index (χ0n) is 8.59. The van der Waals surface area contributed by atoms with Crippen LogP contribution in [0.25, 0.3) is 0 Å². The summed E-state index contributed by atoms with van der Waals surface area (Å²) in [6.45, 7) is 0. The molecule has 2 rings (SSSR count). The Morgan fingerprint density at radius 3 is 2.59 bits per heavy atom. The molecule has 1 aromatic heterocycles. The van der Waals surface area contributed by atoms with Gasteiger partial charge in [-0.1, -0.05) is 28.1 Å². The number of anilines is 1. The van der Waals surface area contributed by atoms with Crippen molar-refractivity contribution in [2.24, 2.45) is 0 Å². The summed E-state index contributed by atoms with van der Waals surface area (Å²) in [6, 6.07) is 7.06. The Morgan fingerprint density at radius 1 is 1.29 bits per heavy atom. The summed E-state index contributed by atoms with van der Waals surface area (Å²) < 4.78 is 26.7. The SMILES string of the molecule is O=S(=O)(Cc1ccc(Br)cc1)Nc1ncn[nH]1. The maximum absolute atomic E-state index is 11.7. The van der Waals surface area contributed by atoms with Gasteiger partial charge in [-0.15, -0.1) is 0 Å². The molecule has 0 aliphatic heterocycles. The number of sulfonamides is 1. The lowest BCUT2D eigenvalue weighted by Gasteiger charge is -2.04. The lowest BCUT2D eigenvalue weighted by atomic mass is 10.2. The van der Waals surface area contributed by atoms with E-state index in [9.17, 15) is 8.42 Å². The van der Waals surface area contributed by atoms with Gasteiger partial charge in [-0.3, -0.25) is 4.72 Å². The van der Waals surface area contributed by atoms with Gasteiger partial charge in [0.1, 0.15) is 6.33 Å². The maximum atomic E-state index is 11.7. The molecule has 1 aromatic carbocycles. The Bertz CT molecular complexity index is 580. The van der Waals surface area contributed by atoms with E-state index in [1.165, 1.54) is 6.33 Å². The Hall–Kier alpha value is -1.41. The van der Waals surface area contributed by atoms with E-state index < -0.39 is 10.0 Å². The molecule has 0 bridgehead atoms. The van der Waals surface area contributed by atoms with Crippen LogP contribution < -0.4 is 4.72 Å². The van der Waals surface area contributed by atoms with E-state index in [1.54, 1.807) is 24.3 Å². The number of rotatable bonds is 4. The number of nitrogens with one attached hydrogen (secondary N) is 2. The molecule has 8 heteroatoms. The molecule has 2 N–H and O–H groups in total. The standard InChI is InChI=1S/C9H9BrN4O2S/c10-8-3-1-7(2-4-8)5-17(15,16)14-9-11-6-12-13-9/h1-4,6H,5H2,(H2,11,12,13,14). The highest BCUT2D eigenvalue weighted by atomic mass is 79.9. The third-order valence-corrected chi connectivity index (χ3v) is 3.68. The molecule has 6 nitrogen and oxygen atoms in total. The van der Waals surface area contributed by atoms with Crippen molar-refractivity contribution in [2.75, 3.05) is 4.72 Å². The van der Waals surface area contributed by atoms with Crippen LogP contribution in [0.5, 0.6) is 0 Å². The summed E-state index contributed by atoms with van der Waals surface area (Å²) in [5.41, 5.74) is 0.695. The van der Waals surface area contributed by atoms with Gasteiger partial charge in [0.15, 0.2) is 0 Å². The van der Waals surface area contributed by atoms with Crippen molar-refractivity contribution in [1.29, 1.82) is 0 Å². The van der Waals surface area contributed by atoms with Crippen molar-refractivity contribution in [3.63, 3.8) is 0 Å². The Balaban J connectivity index is 2.09. The number of aromatic amines is 1. The summed E-state index contributed by atoms with van der Waals surface area (Å²) in [5.74, 6) is 0.00293. The number of aromatic nitrogens is 3. The molecule has 0 aliphatic carbocycles. The van der Waals surface area contributed by atoms with Crippen molar-refractivity contribution < 1.29 is 8.42 Å². The monoisotopic (exact) mass is 316 g/mol. The topological polar surface area (TPSA) is 87.7 Å². The van der Waals surface area contributed by atoms with Crippen molar-refractivity contribution in [3.05, 3.63) is 40.6 Å². The summed E-state index contributed by atoms with van der Waals surface area (Å²) in [5, 5.41) is 5.98. The predicted octanol–water partition coefficient (Wildman–Crippen LogP) is 1.51. The van der Waals surface area contributed by atoms with Gasteiger partial charge in [-0.05, 0) is 17.7 Å². The third-order valence-electron chi connectivity index (χ3n) is 1.94. The summed E-state index contributed by atoms with van der Waals surface area (Å²) in [7, 11) is -3.47. The first-order valence-corrected chi connectivity index (χ1v) is 7.10. The van der Waals surface area contributed by atoms with E-state index >= 15 is 0 Å². The number of hydrogen-bond acceptors (Lipinski definition) is 4. The minimum Gasteiger partial charge on any atom is -0.251 e. The number of halogens is 1. The van der Waals surface area contributed by atoms with Gasteiger partial charge in [0, 0.05) is 4.47 Å². The highest BCUT2D eigenvalue weighted by Crippen LogP contribution is 2.13. The van der Waals surface area contributed by atoms with Crippen LogP contribution in [0, 0.1) is 0 Å². The first-order chi connectivity index (χ1) is 8.05. The first kappa shape index (κ1) is 12.1. The van der Waals surface area contributed by atoms with Gasteiger partial charge in [0.2, 0.25) is 16.0 Å². The molecule has 1 heterocycles. The van der Waals surface area contributed by atoms with Crippen LogP contribution in [0.2, 0.25) is 0 Å². The molecular weight excluding hydrogens is 308 g/mol. The number of benzene rings is 1. The molecule has 0 saturated heterocycles. The summed E-state index contributed by atoms with van der Waals surface area (Å²) in [4.78, 5) is 3.69. The van der Waals surface area contributed by atoms with Crippen LogP contribution in [0.15, 0.2) is 35.1 Å². The molecule has 0 amide bonds. The van der Waals surface area contributed by atoms with E-state index in [2.05, 4.69) is 35.8 Å². The molecule has 2 aromatic rings. The lowest BCUT2D eigenvalue weighted by molar-refractivity contribution is 0.600. The van der Waals surface area contributed by atoms with Gasteiger partial charge in [-0.25, -0.2) is 13.5 Å². The van der Waals surface area contributed by atoms with Crippen LogP contribution in [0.1, 0.15) is 5.56 Å². The first-order valence-electron chi connectivity index (χ1n) is 4.65. The molecule has 0 saturated carbocycles. The van der Waals surface area contributed by atoms with E-state index in [1.807, 2.05) is 0 Å². The molecule has 0 spiro atoms. The molecule has 0 atom stereocenters. The molecule has 0 aliphatic rings. The Kier molecular flexibility index (Phi) is 3.43. The second-order valence-corrected chi connectivity index (χ2v) is 5.96. The molecule has 0 radical (unpaired) electrons. The molecule has 0 unspecified atom stereocenters. The second kappa shape index (κ2) is 4.84. The van der Waals surface area contributed by atoms with Crippen LogP contribution in [-0.4, -0.2) is 23.6 Å². The molecule has 90 valence electrons. The second-order valence-electron chi connectivity index (χ2n) is 3.32. The zero-order valence-corrected chi connectivity index (χ0v) is 11.0. The van der Waals surface area contributed by atoms with Gasteiger partial charge in [0.25, 0.3) is 0 Å². The smallest absolute Gasteiger partial charge is 0.239 e. The lowest BCUT2D eigenvalue weighted by Crippen LogP contribution is -2.15. The average Bonchev–Trinajstić information content (AvgIpc) is 2.73. The molecule has 0 fully saturated rings. The predicted molar refractivity (Wildman–Crippen MR) is 66.8 cm³/mol. The maximum Gasteiger partial charge on any atom is 0.239 e. The van der Waals surface area contributed by atoms with Crippen molar-refractivity contribution in [2.45, 2.75) is 5.75 Å². The number of nitrogens with zero attached hydrogens (tertiary/aromatic N) is 2. The van der Waals surface area contributed by atoms with Crippen molar-refractivity contribution in [1.82, 2.24) is 15.2 Å². The van der Waals surface area contributed by atoms with E-state index in [0.717, 1.165) is 4.47 Å². The van der Waals surface area contributed by atoms with E-state index in [4.69, 9.17) is 0 Å². The highest BCUT2D eigenvalue weighted by Gasteiger charge is 2.12. The van der Waals surface area contributed by atoms with Crippen LogP contribution in [-0.2, 0) is 15.8 Å². The largest absolute Gasteiger partial charge is 0.251 e. The minimum atomic E-state index is -3.47. The van der Waals surface area contributed by atoms with Crippen LogP contribution in [0.4, 0.5) is 5.95 Å². The molecule has 17 heavy (non-hydrogen) atoms. The van der Waals surface area contributed by atoms with E-state index in [-0.39, 0.29) is 11.7 Å². The van der Waals surface area contributed by atoms with Gasteiger partial charge in [-0.2, -0.15) is 10.1 Å². The van der Waals surface area contributed by atoms with Gasteiger partial charge < -0.3 is 0 Å².